The first kappa shape index (κ1) is 16.8. The highest BCUT2D eigenvalue weighted by atomic mass is 35.5. The van der Waals surface area contributed by atoms with E-state index >= 15 is 0 Å². The molecule has 3 N–H and O–H groups in total. The van der Waals surface area contributed by atoms with Crippen molar-refractivity contribution in [3.05, 3.63) is 76.9 Å². The van der Waals surface area contributed by atoms with Gasteiger partial charge >= 0.3 is 0 Å². The molecule has 126 valence electrons. The minimum absolute atomic E-state index is 0.0946. The maximum absolute atomic E-state index is 12.4. The van der Waals surface area contributed by atoms with Gasteiger partial charge in [0.2, 0.25) is 0 Å². The highest BCUT2D eigenvalue weighted by Crippen LogP contribution is 2.24. The van der Waals surface area contributed by atoms with Crippen LogP contribution in [0.25, 0.3) is 0 Å². The summed E-state index contributed by atoms with van der Waals surface area (Å²) < 4.78 is 5.71. The Hall–Kier alpha value is -3.05. The summed E-state index contributed by atoms with van der Waals surface area (Å²) in [6.07, 6.45) is 0. The minimum Gasteiger partial charge on any atom is -0.457 e. The van der Waals surface area contributed by atoms with Crippen molar-refractivity contribution in [1.29, 1.82) is 0 Å². The number of para-hydroxylation sites is 1. The molecule has 1 heterocycles. The molecule has 0 radical (unpaired) electrons. The lowest BCUT2D eigenvalue weighted by molar-refractivity contribution is 0.102. The summed E-state index contributed by atoms with van der Waals surface area (Å²) in [5.41, 5.74) is 7.37. The van der Waals surface area contributed by atoms with Crippen molar-refractivity contribution in [2.24, 2.45) is 0 Å². The molecule has 3 rings (SSSR count). The average molecular weight is 354 g/mol. The molecule has 25 heavy (non-hydrogen) atoms. The third-order valence-corrected chi connectivity index (χ3v) is 3.90. The predicted octanol–water partition coefficient (Wildman–Crippen LogP) is 4.67. The maximum atomic E-state index is 12.4. The van der Waals surface area contributed by atoms with E-state index in [9.17, 15) is 4.79 Å². The monoisotopic (exact) mass is 353 g/mol. The third-order valence-electron chi connectivity index (χ3n) is 3.52. The fraction of sp³-hybridized carbons (Fsp3) is 0.0526. The van der Waals surface area contributed by atoms with Crippen LogP contribution in [0.1, 0.15) is 15.9 Å². The van der Waals surface area contributed by atoms with Gasteiger partial charge in [0.05, 0.1) is 5.56 Å². The summed E-state index contributed by atoms with van der Waals surface area (Å²) in [6.45, 7) is 1.77. The number of halogens is 1. The number of amides is 1. The highest BCUT2D eigenvalue weighted by Gasteiger charge is 2.13. The molecule has 6 heteroatoms. The Morgan fingerprint density at radius 3 is 2.40 bits per heavy atom. The number of nitrogens with zero attached hydrogens (tertiary/aromatic N) is 1. The van der Waals surface area contributed by atoms with Gasteiger partial charge in [0, 0.05) is 5.69 Å². The van der Waals surface area contributed by atoms with Crippen LogP contribution in [0.4, 0.5) is 11.5 Å². The number of hydrogen-bond acceptors (Lipinski definition) is 4. The molecule has 0 spiro atoms. The number of aryl methyl sites for hydroxylation is 1. The molecular formula is C19H16ClN3O2. The zero-order valence-corrected chi connectivity index (χ0v) is 14.2. The van der Waals surface area contributed by atoms with Crippen molar-refractivity contribution < 1.29 is 9.53 Å². The summed E-state index contributed by atoms with van der Waals surface area (Å²) in [5.74, 6) is 1.17. The lowest BCUT2D eigenvalue weighted by Crippen LogP contribution is -2.15. The molecule has 0 fully saturated rings. The van der Waals surface area contributed by atoms with Crippen molar-refractivity contribution >= 4 is 29.0 Å². The van der Waals surface area contributed by atoms with E-state index in [2.05, 4.69) is 10.3 Å². The molecule has 0 aliphatic rings. The number of benzene rings is 2. The van der Waals surface area contributed by atoms with Crippen LogP contribution in [0.15, 0.2) is 60.7 Å². The topological polar surface area (TPSA) is 77.2 Å². The van der Waals surface area contributed by atoms with Gasteiger partial charge in [0.15, 0.2) is 0 Å². The fourth-order valence-corrected chi connectivity index (χ4v) is 2.36. The molecule has 0 aliphatic carbocycles. The number of carbonyl (C=O) groups excluding carboxylic acids is 1. The lowest BCUT2D eigenvalue weighted by atomic mass is 10.2. The van der Waals surface area contributed by atoms with E-state index < -0.39 is 0 Å². The molecule has 5 nitrogen and oxygen atoms in total. The predicted molar refractivity (Wildman–Crippen MR) is 99.3 cm³/mol. The number of nitrogen functional groups attached to an aromatic ring is 1. The standard InChI is InChI=1S/C19H16ClN3O2/c1-12-11-16(18(21)23-17(12)20)19(24)22-13-7-9-15(10-8-13)25-14-5-3-2-4-6-14/h2-11H,1H3,(H2,21,23)(H,22,24). The van der Waals surface area contributed by atoms with Crippen LogP contribution >= 0.6 is 11.6 Å². The molecule has 3 aromatic rings. The van der Waals surface area contributed by atoms with Crippen LogP contribution in [-0.2, 0) is 0 Å². The first-order valence-corrected chi connectivity index (χ1v) is 7.97. The van der Waals surface area contributed by atoms with Gasteiger partial charge in [0.25, 0.3) is 5.91 Å². The van der Waals surface area contributed by atoms with E-state index in [4.69, 9.17) is 22.1 Å². The molecule has 0 bridgehead atoms. The van der Waals surface area contributed by atoms with Gasteiger partial charge in [-0.2, -0.15) is 0 Å². The zero-order valence-electron chi connectivity index (χ0n) is 13.5. The van der Waals surface area contributed by atoms with Gasteiger partial charge in [-0.1, -0.05) is 29.8 Å². The van der Waals surface area contributed by atoms with E-state index in [-0.39, 0.29) is 22.4 Å². The van der Waals surface area contributed by atoms with Crippen LogP contribution < -0.4 is 15.8 Å². The molecule has 1 amide bonds. The first-order chi connectivity index (χ1) is 12.0. The van der Waals surface area contributed by atoms with Crippen molar-refractivity contribution in [3.8, 4) is 11.5 Å². The van der Waals surface area contributed by atoms with Gasteiger partial charge in [-0.15, -0.1) is 0 Å². The van der Waals surface area contributed by atoms with Crippen LogP contribution in [-0.4, -0.2) is 10.9 Å². The smallest absolute Gasteiger partial charge is 0.259 e. The fourth-order valence-electron chi connectivity index (χ4n) is 2.22. The molecular weight excluding hydrogens is 338 g/mol. The van der Waals surface area contributed by atoms with E-state index in [0.717, 1.165) is 5.75 Å². The molecule has 1 aromatic heterocycles. The Morgan fingerprint density at radius 2 is 1.72 bits per heavy atom. The van der Waals surface area contributed by atoms with Gasteiger partial charge in [-0.25, -0.2) is 4.98 Å². The lowest BCUT2D eigenvalue weighted by Gasteiger charge is -2.10. The number of carbonyl (C=O) groups is 1. The Balaban J connectivity index is 1.71. The van der Waals surface area contributed by atoms with Crippen molar-refractivity contribution in [3.63, 3.8) is 0 Å². The van der Waals surface area contributed by atoms with Gasteiger partial charge in [-0.05, 0) is 55.0 Å². The summed E-state index contributed by atoms with van der Waals surface area (Å²) >= 11 is 5.90. The third kappa shape index (κ3) is 4.08. The Labute approximate surface area is 150 Å². The summed E-state index contributed by atoms with van der Waals surface area (Å²) in [4.78, 5) is 16.3. The zero-order chi connectivity index (χ0) is 17.8. The Bertz CT molecular complexity index is 897. The number of aromatic nitrogens is 1. The van der Waals surface area contributed by atoms with Crippen LogP contribution in [0.3, 0.4) is 0 Å². The van der Waals surface area contributed by atoms with Crippen LogP contribution in [0.5, 0.6) is 11.5 Å². The quantitative estimate of drug-likeness (QED) is 0.668. The summed E-state index contributed by atoms with van der Waals surface area (Å²) in [6, 6.07) is 18.1. The molecule has 2 aromatic carbocycles. The van der Waals surface area contributed by atoms with Gasteiger partial charge in [-0.3, -0.25) is 4.79 Å². The van der Waals surface area contributed by atoms with Crippen LogP contribution in [0.2, 0.25) is 5.15 Å². The maximum Gasteiger partial charge on any atom is 0.259 e. The molecule has 0 saturated carbocycles. The number of nitrogens with one attached hydrogen (secondary N) is 1. The van der Waals surface area contributed by atoms with Gasteiger partial charge in [0.1, 0.15) is 22.5 Å². The SMILES string of the molecule is Cc1cc(C(=O)Nc2ccc(Oc3ccccc3)cc2)c(N)nc1Cl. The van der Waals surface area contributed by atoms with Crippen LogP contribution in [0, 0.1) is 6.92 Å². The van der Waals surface area contributed by atoms with Crippen molar-refractivity contribution in [2.75, 3.05) is 11.1 Å². The second-order valence-corrected chi connectivity index (χ2v) is 5.78. The summed E-state index contributed by atoms with van der Waals surface area (Å²) in [5, 5.41) is 3.07. The summed E-state index contributed by atoms with van der Waals surface area (Å²) in [7, 11) is 0. The van der Waals surface area contributed by atoms with E-state index in [0.29, 0.717) is 17.0 Å². The normalized spacial score (nSPS) is 10.3. The number of anilines is 2. The Morgan fingerprint density at radius 1 is 1.08 bits per heavy atom. The number of rotatable bonds is 4. The Kier molecular flexibility index (Phi) is 4.86. The molecule has 0 aliphatic heterocycles. The van der Waals surface area contributed by atoms with E-state index in [1.165, 1.54) is 0 Å². The second kappa shape index (κ2) is 7.23. The molecule has 0 saturated heterocycles. The molecule has 0 unspecified atom stereocenters. The minimum atomic E-state index is -0.346. The van der Waals surface area contributed by atoms with E-state index in [1.54, 1.807) is 37.3 Å². The highest BCUT2D eigenvalue weighted by molar-refractivity contribution is 6.30. The molecule has 0 atom stereocenters. The number of ether oxygens (including phenoxy) is 1. The first-order valence-electron chi connectivity index (χ1n) is 7.60. The van der Waals surface area contributed by atoms with Crippen molar-refractivity contribution in [2.45, 2.75) is 6.92 Å². The number of pyridine rings is 1. The van der Waals surface area contributed by atoms with Gasteiger partial charge < -0.3 is 15.8 Å². The van der Waals surface area contributed by atoms with E-state index in [1.807, 2.05) is 30.3 Å². The van der Waals surface area contributed by atoms with Crippen molar-refractivity contribution in [1.82, 2.24) is 4.98 Å². The number of nitrogens with two attached hydrogens (primary N) is 1. The largest absolute Gasteiger partial charge is 0.457 e. The number of hydrogen-bond donors (Lipinski definition) is 2. The second-order valence-electron chi connectivity index (χ2n) is 5.42. The average Bonchev–Trinajstić information content (AvgIpc) is 2.60.